The van der Waals surface area contributed by atoms with Crippen LogP contribution in [0.15, 0.2) is 54.6 Å². The van der Waals surface area contributed by atoms with Crippen molar-refractivity contribution in [3.63, 3.8) is 0 Å². The van der Waals surface area contributed by atoms with Gasteiger partial charge < -0.3 is 19.8 Å². The van der Waals surface area contributed by atoms with Crippen LogP contribution in [0.5, 0.6) is 5.75 Å². The molecule has 5 nitrogen and oxygen atoms in total. The van der Waals surface area contributed by atoms with Crippen molar-refractivity contribution in [2.24, 2.45) is 5.92 Å². The molecule has 0 fully saturated rings. The Hall–Kier alpha value is -1.90. The molecule has 0 radical (unpaired) electrons. The first kappa shape index (κ1) is 20.8. The van der Waals surface area contributed by atoms with Crippen LogP contribution in [0.25, 0.3) is 0 Å². The third-order valence-electron chi connectivity index (χ3n) is 5.09. The summed E-state index contributed by atoms with van der Waals surface area (Å²) in [5.74, 6) is -0.221. The first-order valence-electron chi connectivity index (χ1n) is 9.16. The molecular formula is C22H24INO4. The first-order chi connectivity index (χ1) is 13.4. The monoisotopic (exact) mass is 493 g/mol. The van der Waals surface area contributed by atoms with E-state index in [1.807, 2.05) is 37.3 Å². The van der Waals surface area contributed by atoms with Crippen LogP contribution >= 0.6 is 22.6 Å². The summed E-state index contributed by atoms with van der Waals surface area (Å²) in [6.45, 7) is 2.22. The largest absolute Gasteiger partial charge is 0.497 e. The van der Waals surface area contributed by atoms with E-state index >= 15 is 0 Å². The second-order valence-electron chi connectivity index (χ2n) is 6.90. The van der Waals surface area contributed by atoms with Crippen molar-refractivity contribution < 1.29 is 19.7 Å². The van der Waals surface area contributed by atoms with Crippen LogP contribution in [0.3, 0.4) is 0 Å². The Morgan fingerprint density at radius 2 is 2.07 bits per heavy atom. The topological polar surface area (TPSA) is 70.0 Å². The Labute approximate surface area is 178 Å². The Kier molecular flexibility index (Phi) is 6.42. The van der Waals surface area contributed by atoms with Crippen molar-refractivity contribution >= 4 is 34.2 Å². The number of ether oxygens (including phenoxy) is 1. The highest BCUT2D eigenvalue weighted by atomic mass is 127. The van der Waals surface area contributed by atoms with E-state index < -0.39 is 11.5 Å². The molecule has 2 atom stereocenters. The van der Waals surface area contributed by atoms with Crippen LogP contribution in [0.4, 0.5) is 5.69 Å². The number of nitrogens with zero attached hydrogens (tertiary/aromatic N) is 1. The number of carbonyl (C=O) groups excluding carboxylic acids is 1. The van der Waals surface area contributed by atoms with Crippen LogP contribution < -0.4 is 9.64 Å². The molecule has 2 N–H and O–H groups in total. The van der Waals surface area contributed by atoms with Crippen LogP contribution in [-0.2, 0) is 16.9 Å². The van der Waals surface area contributed by atoms with Crippen LogP contribution in [0, 0.1) is 9.49 Å². The van der Waals surface area contributed by atoms with Crippen molar-refractivity contribution in [2.45, 2.75) is 25.5 Å². The minimum Gasteiger partial charge on any atom is -0.497 e. The Balaban J connectivity index is 2.04. The molecule has 6 heteroatoms. The average Bonchev–Trinajstić information content (AvgIpc) is 2.90. The molecule has 1 amide bonds. The highest BCUT2D eigenvalue weighted by Crippen LogP contribution is 2.47. The summed E-state index contributed by atoms with van der Waals surface area (Å²) in [4.78, 5) is 15.0. The third-order valence-corrected chi connectivity index (χ3v) is 5.76. The third kappa shape index (κ3) is 3.81. The van der Waals surface area contributed by atoms with Gasteiger partial charge in [0.05, 0.1) is 19.3 Å². The number of rotatable bonds is 7. The van der Waals surface area contributed by atoms with E-state index in [1.165, 1.54) is 0 Å². The van der Waals surface area contributed by atoms with Gasteiger partial charge >= 0.3 is 0 Å². The SMILES string of the molecule is COc1ccc2c(c1)[C@](O)([C@@H](C)/C=C/CCO)C(=O)N2Cc1cccc(I)c1. The molecule has 0 saturated carbocycles. The van der Waals surface area contributed by atoms with Gasteiger partial charge in [0.2, 0.25) is 0 Å². The van der Waals surface area contributed by atoms with E-state index in [1.54, 1.807) is 36.3 Å². The highest BCUT2D eigenvalue weighted by Gasteiger charge is 2.52. The molecule has 1 aliphatic rings. The molecule has 148 valence electrons. The molecule has 28 heavy (non-hydrogen) atoms. The van der Waals surface area contributed by atoms with E-state index in [9.17, 15) is 9.90 Å². The second kappa shape index (κ2) is 8.63. The maximum absolute atomic E-state index is 13.4. The maximum Gasteiger partial charge on any atom is 0.264 e. The summed E-state index contributed by atoms with van der Waals surface area (Å²) in [6.07, 6.45) is 4.05. The molecule has 2 aromatic rings. The fraction of sp³-hybridized carbons (Fsp3) is 0.318. The number of aliphatic hydroxyl groups excluding tert-OH is 1. The van der Waals surface area contributed by atoms with E-state index in [-0.39, 0.29) is 12.5 Å². The lowest BCUT2D eigenvalue weighted by Gasteiger charge is -2.27. The molecule has 3 rings (SSSR count). The van der Waals surface area contributed by atoms with Crippen molar-refractivity contribution in [2.75, 3.05) is 18.6 Å². The zero-order chi connectivity index (χ0) is 20.3. The van der Waals surface area contributed by atoms with Crippen molar-refractivity contribution in [3.8, 4) is 5.75 Å². The summed E-state index contributed by atoms with van der Waals surface area (Å²) >= 11 is 2.24. The average molecular weight is 493 g/mol. The molecule has 1 aliphatic heterocycles. The predicted molar refractivity (Wildman–Crippen MR) is 117 cm³/mol. The molecule has 1 heterocycles. The molecule has 0 unspecified atom stereocenters. The van der Waals surface area contributed by atoms with Gasteiger partial charge in [-0.2, -0.15) is 0 Å². The van der Waals surface area contributed by atoms with Gasteiger partial charge in [-0.15, -0.1) is 0 Å². The zero-order valence-electron chi connectivity index (χ0n) is 15.9. The van der Waals surface area contributed by atoms with Gasteiger partial charge in [-0.25, -0.2) is 0 Å². The van der Waals surface area contributed by atoms with Gasteiger partial charge in [0, 0.05) is 21.7 Å². The fourth-order valence-corrected chi connectivity index (χ4v) is 4.15. The highest BCUT2D eigenvalue weighted by molar-refractivity contribution is 14.1. The van der Waals surface area contributed by atoms with Gasteiger partial charge in [0.1, 0.15) is 5.75 Å². The van der Waals surface area contributed by atoms with Gasteiger partial charge in [-0.1, -0.05) is 31.2 Å². The number of halogens is 1. The summed E-state index contributed by atoms with van der Waals surface area (Å²) < 4.78 is 6.41. The lowest BCUT2D eigenvalue weighted by Crippen LogP contribution is -2.44. The van der Waals surface area contributed by atoms with Crippen molar-refractivity contribution in [1.82, 2.24) is 0 Å². The van der Waals surface area contributed by atoms with Crippen molar-refractivity contribution in [3.05, 3.63) is 69.3 Å². The molecule has 0 bridgehead atoms. The number of hydrogen-bond acceptors (Lipinski definition) is 4. The number of fused-ring (bicyclic) bond motifs is 1. The van der Waals surface area contributed by atoms with Crippen molar-refractivity contribution in [1.29, 1.82) is 0 Å². The van der Waals surface area contributed by atoms with Crippen LogP contribution in [0.2, 0.25) is 0 Å². The van der Waals surface area contributed by atoms with Gasteiger partial charge in [-0.05, 0) is 64.9 Å². The van der Waals surface area contributed by atoms with E-state index in [0.29, 0.717) is 30.0 Å². The Bertz CT molecular complexity index is 898. The van der Waals surface area contributed by atoms with E-state index in [4.69, 9.17) is 9.84 Å². The first-order valence-corrected chi connectivity index (χ1v) is 10.2. The standard InChI is InChI=1S/C22H24INO4/c1-15(6-3-4-11-25)22(27)19-13-18(28-2)9-10-20(19)24(21(22)26)14-16-7-5-8-17(23)12-16/h3,5-10,12-13,15,25,27H,4,11,14H2,1-2H3/b6-3+/t15-,22+/m0/s1. The zero-order valence-corrected chi connectivity index (χ0v) is 18.1. The number of aliphatic hydroxyl groups is 2. The van der Waals surface area contributed by atoms with Crippen LogP contribution in [0.1, 0.15) is 24.5 Å². The van der Waals surface area contributed by atoms with E-state index in [0.717, 1.165) is 9.13 Å². The normalized spacial score (nSPS) is 19.9. The Morgan fingerprint density at radius 1 is 1.29 bits per heavy atom. The quantitative estimate of drug-likeness (QED) is 0.457. The summed E-state index contributed by atoms with van der Waals surface area (Å²) in [5.41, 5.74) is 0.547. The minimum atomic E-state index is -1.68. The molecule has 0 aliphatic carbocycles. The number of carbonyl (C=O) groups is 1. The summed E-state index contributed by atoms with van der Waals surface area (Å²) in [7, 11) is 1.56. The minimum absolute atomic E-state index is 0.0266. The number of hydrogen-bond donors (Lipinski definition) is 2. The summed E-state index contributed by atoms with van der Waals surface area (Å²) in [6, 6.07) is 13.3. The smallest absolute Gasteiger partial charge is 0.264 e. The molecule has 2 aromatic carbocycles. The number of anilines is 1. The second-order valence-corrected chi connectivity index (χ2v) is 8.15. The lowest BCUT2D eigenvalue weighted by atomic mass is 9.83. The van der Waals surface area contributed by atoms with Gasteiger partial charge in [0.15, 0.2) is 5.60 Å². The number of benzene rings is 2. The van der Waals surface area contributed by atoms with Gasteiger partial charge in [-0.3, -0.25) is 4.79 Å². The molecule has 0 spiro atoms. The number of methoxy groups -OCH3 is 1. The van der Waals surface area contributed by atoms with Crippen LogP contribution in [-0.4, -0.2) is 29.8 Å². The molecule has 0 saturated heterocycles. The van der Waals surface area contributed by atoms with E-state index in [2.05, 4.69) is 22.6 Å². The predicted octanol–water partition coefficient (Wildman–Crippen LogP) is 3.61. The Morgan fingerprint density at radius 3 is 2.75 bits per heavy atom. The lowest BCUT2D eigenvalue weighted by molar-refractivity contribution is -0.139. The number of amides is 1. The fourth-order valence-electron chi connectivity index (χ4n) is 3.54. The molecular weight excluding hydrogens is 469 g/mol. The molecule has 0 aromatic heterocycles. The van der Waals surface area contributed by atoms with Gasteiger partial charge in [0.25, 0.3) is 5.91 Å². The maximum atomic E-state index is 13.4. The summed E-state index contributed by atoms with van der Waals surface area (Å²) in [5, 5.41) is 20.6.